The van der Waals surface area contributed by atoms with Crippen molar-refractivity contribution in [3.05, 3.63) is 29.3 Å². The minimum atomic E-state index is -0.577. The molecule has 0 heterocycles. The molecule has 0 aromatic heterocycles. The molecule has 0 aliphatic carbocycles. The number of carbonyl (C=O) groups excluding carboxylic acids is 1. The van der Waals surface area contributed by atoms with Crippen LogP contribution >= 0.6 is 0 Å². The van der Waals surface area contributed by atoms with Gasteiger partial charge in [-0.1, -0.05) is 19.9 Å². The molecule has 0 aliphatic rings. The standard InChI is InChI=1S/C15H22O3/c1-6-17-15(16)12(5)18-14-8-11(4)7-13(9-14)10(2)3/h7-10,12H,6H2,1-5H3. The van der Waals surface area contributed by atoms with Crippen LogP contribution in [-0.4, -0.2) is 18.7 Å². The fraction of sp³-hybridized carbons (Fsp3) is 0.533. The van der Waals surface area contributed by atoms with Gasteiger partial charge in [0, 0.05) is 0 Å². The smallest absolute Gasteiger partial charge is 0.347 e. The van der Waals surface area contributed by atoms with Crippen molar-refractivity contribution in [2.24, 2.45) is 0 Å². The molecule has 0 radical (unpaired) electrons. The molecule has 3 heteroatoms. The minimum absolute atomic E-state index is 0.329. The van der Waals surface area contributed by atoms with E-state index in [2.05, 4.69) is 19.9 Å². The fourth-order valence-electron chi connectivity index (χ4n) is 1.69. The number of benzene rings is 1. The van der Waals surface area contributed by atoms with E-state index in [1.807, 2.05) is 19.1 Å². The molecule has 1 atom stereocenters. The predicted molar refractivity (Wildman–Crippen MR) is 72.0 cm³/mol. The number of hydrogen-bond donors (Lipinski definition) is 0. The van der Waals surface area contributed by atoms with E-state index < -0.39 is 6.10 Å². The molecule has 0 amide bonds. The van der Waals surface area contributed by atoms with Crippen molar-refractivity contribution in [1.29, 1.82) is 0 Å². The highest BCUT2D eigenvalue weighted by Gasteiger charge is 2.16. The maximum absolute atomic E-state index is 11.5. The number of hydrogen-bond acceptors (Lipinski definition) is 3. The second kappa shape index (κ2) is 6.43. The van der Waals surface area contributed by atoms with Crippen LogP contribution in [0.1, 0.15) is 44.7 Å². The summed E-state index contributed by atoms with van der Waals surface area (Å²) in [6.45, 7) is 10.1. The van der Waals surface area contributed by atoms with Crippen molar-refractivity contribution in [3.63, 3.8) is 0 Å². The zero-order chi connectivity index (χ0) is 13.7. The van der Waals surface area contributed by atoms with Gasteiger partial charge in [-0.3, -0.25) is 0 Å². The highest BCUT2D eigenvalue weighted by atomic mass is 16.6. The zero-order valence-electron chi connectivity index (χ0n) is 11.8. The lowest BCUT2D eigenvalue weighted by Crippen LogP contribution is -2.26. The van der Waals surface area contributed by atoms with Gasteiger partial charge in [-0.25, -0.2) is 4.79 Å². The molecule has 3 nitrogen and oxygen atoms in total. The van der Waals surface area contributed by atoms with Gasteiger partial charge < -0.3 is 9.47 Å². The lowest BCUT2D eigenvalue weighted by Gasteiger charge is -2.15. The molecule has 100 valence electrons. The van der Waals surface area contributed by atoms with Crippen LogP contribution < -0.4 is 4.74 Å². The summed E-state index contributed by atoms with van der Waals surface area (Å²) >= 11 is 0. The van der Waals surface area contributed by atoms with Gasteiger partial charge in [0.2, 0.25) is 0 Å². The largest absolute Gasteiger partial charge is 0.479 e. The molecule has 0 bridgehead atoms. The van der Waals surface area contributed by atoms with Gasteiger partial charge in [0.15, 0.2) is 6.10 Å². The first-order valence-corrected chi connectivity index (χ1v) is 6.39. The monoisotopic (exact) mass is 250 g/mol. The Hall–Kier alpha value is -1.51. The van der Waals surface area contributed by atoms with Crippen molar-refractivity contribution < 1.29 is 14.3 Å². The third-order valence-electron chi connectivity index (χ3n) is 2.67. The Bertz CT molecular complexity index is 410. The molecule has 0 saturated heterocycles. The van der Waals surface area contributed by atoms with E-state index in [1.165, 1.54) is 5.56 Å². The van der Waals surface area contributed by atoms with E-state index in [0.29, 0.717) is 12.5 Å². The van der Waals surface area contributed by atoms with Crippen LogP contribution in [0.4, 0.5) is 0 Å². The SMILES string of the molecule is CCOC(=O)C(C)Oc1cc(C)cc(C(C)C)c1. The number of ether oxygens (including phenoxy) is 2. The van der Waals surface area contributed by atoms with Crippen LogP contribution in [0.2, 0.25) is 0 Å². The highest BCUT2D eigenvalue weighted by Crippen LogP contribution is 2.23. The lowest BCUT2D eigenvalue weighted by molar-refractivity contribution is -0.150. The third-order valence-corrected chi connectivity index (χ3v) is 2.67. The molecule has 0 saturated carbocycles. The molecule has 18 heavy (non-hydrogen) atoms. The molecule has 0 aliphatic heterocycles. The van der Waals surface area contributed by atoms with Gasteiger partial charge >= 0.3 is 5.97 Å². The molecule has 1 unspecified atom stereocenters. The molecule has 1 aromatic rings. The van der Waals surface area contributed by atoms with Crippen molar-refractivity contribution in [2.75, 3.05) is 6.61 Å². The number of carbonyl (C=O) groups is 1. The van der Waals surface area contributed by atoms with Crippen LogP contribution in [0, 0.1) is 6.92 Å². The van der Waals surface area contributed by atoms with Gasteiger partial charge in [-0.15, -0.1) is 0 Å². The van der Waals surface area contributed by atoms with Gasteiger partial charge in [0.05, 0.1) is 6.61 Å². The second-order valence-electron chi connectivity index (χ2n) is 4.75. The Balaban J connectivity index is 2.81. The summed E-state index contributed by atoms with van der Waals surface area (Å²) in [4.78, 5) is 11.5. The molecular weight excluding hydrogens is 228 g/mol. The summed E-state index contributed by atoms with van der Waals surface area (Å²) in [5.41, 5.74) is 2.34. The van der Waals surface area contributed by atoms with Crippen molar-refractivity contribution in [1.82, 2.24) is 0 Å². The van der Waals surface area contributed by atoms with E-state index >= 15 is 0 Å². The molecule has 0 fully saturated rings. The van der Waals surface area contributed by atoms with Crippen LogP contribution in [-0.2, 0) is 9.53 Å². The van der Waals surface area contributed by atoms with Gasteiger partial charge in [-0.05, 0) is 49.9 Å². The Kier molecular flexibility index (Phi) is 5.20. The summed E-state index contributed by atoms with van der Waals surface area (Å²) in [5, 5.41) is 0. The van der Waals surface area contributed by atoms with Crippen LogP contribution in [0.25, 0.3) is 0 Å². The number of rotatable bonds is 5. The zero-order valence-corrected chi connectivity index (χ0v) is 11.8. The van der Waals surface area contributed by atoms with Gasteiger partial charge in [-0.2, -0.15) is 0 Å². The predicted octanol–water partition coefficient (Wildman–Crippen LogP) is 3.45. The average molecular weight is 250 g/mol. The first-order chi connectivity index (χ1) is 8.43. The molecular formula is C15H22O3. The number of aryl methyl sites for hydroxylation is 1. The highest BCUT2D eigenvalue weighted by molar-refractivity contribution is 5.74. The molecule has 0 spiro atoms. The number of esters is 1. The summed E-state index contributed by atoms with van der Waals surface area (Å²) in [5.74, 6) is 0.828. The van der Waals surface area contributed by atoms with E-state index in [4.69, 9.17) is 9.47 Å². The quantitative estimate of drug-likeness (QED) is 0.751. The maximum Gasteiger partial charge on any atom is 0.347 e. The van der Waals surface area contributed by atoms with Crippen molar-refractivity contribution in [2.45, 2.75) is 46.6 Å². The Morgan fingerprint density at radius 2 is 1.89 bits per heavy atom. The fourth-order valence-corrected chi connectivity index (χ4v) is 1.69. The Morgan fingerprint density at radius 1 is 1.22 bits per heavy atom. The van der Waals surface area contributed by atoms with E-state index in [9.17, 15) is 4.79 Å². The first kappa shape index (κ1) is 14.6. The lowest BCUT2D eigenvalue weighted by atomic mass is 10.0. The average Bonchev–Trinajstić information content (AvgIpc) is 2.28. The van der Waals surface area contributed by atoms with Crippen molar-refractivity contribution >= 4 is 5.97 Å². The van der Waals surface area contributed by atoms with Gasteiger partial charge in [0.25, 0.3) is 0 Å². The topological polar surface area (TPSA) is 35.5 Å². The van der Waals surface area contributed by atoms with Crippen LogP contribution in [0.3, 0.4) is 0 Å². The van der Waals surface area contributed by atoms with E-state index in [-0.39, 0.29) is 5.97 Å². The molecule has 1 rings (SSSR count). The third kappa shape index (κ3) is 4.06. The summed E-state index contributed by atoms with van der Waals surface area (Å²) in [6, 6.07) is 6.04. The Labute approximate surface area is 109 Å². The van der Waals surface area contributed by atoms with Crippen LogP contribution in [0.15, 0.2) is 18.2 Å². The first-order valence-electron chi connectivity index (χ1n) is 6.39. The minimum Gasteiger partial charge on any atom is -0.479 e. The Morgan fingerprint density at radius 3 is 2.44 bits per heavy atom. The second-order valence-corrected chi connectivity index (χ2v) is 4.75. The summed E-state index contributed by atoms with van der Waals surface area (Å²) < 4.78 is 10.5. The maximum atomic E-state index is 11.5. The van der Waals surface area contributed by atoms with Crippen LogP contribution in [0.5, 0.6) is 5.75 Å². The van der Waals surface area contributed by atoms with Gasteiger partial charge in [0.1, 0.15) is 5.75 Å². The molecule has 1 aromatic carbocycles. The summed E-state index contributed by atoms with van der Waals surface area (Å²) in [6.07, 6.45) is -0.577. The summed E-state index contributed by atoms with van der Waals surface area (Å²) in [7, 11) is 0. The molecule has 0 N–H and O–H groups in total. The van der Waals surface area contributed by atoms with E-state index in [0.717, 1.165) is 11.3 Å². The van der Waals surface area contributed by atoms with E-state index in [1.54, 1.807) is 13.8 Å². The normalized spacial score (nSPS) is 12.3. The van der Waals surface area contributed by atoms with Crippen molar-refractivity contribution in [3.8, 4) is 5.75 Å².